The van der Waals surface area contributed by atoms with Crippen molar-refractivity contribution in [3.8, 4) is 0 Å². The van der Waals surface area contributed by atoms with Gasteiger partial charge in [0.05, 0.1) is 0 Å². The van der Waals surface area contributed by atoms with Gasteiger partial charge in [-0.15, -0.1) is 0 Å². The van der Waals surface area contributed by atoms with Crippen molar-refractivity contribution < 1.29 is 0 Å². The second-order valence-corrected chi connectivity index (χ2v) is 9.06. The maximum Gasteiger partial charge on any atom is 0.0491 e. The van der Waals surface area contributed by atoms with Crippen LogP contribution in [0.1, 0.15) is 44.9 Å². The molecular formula is C26H35N3. The van der Waals surface area contributed by atoms with Gasteiger partial charge >= 0.3 is 0 Å². The molecule has 0 bridgehead atoms. The van der Waals surface area contributed by atoms with Crippen LogP contribution in [0, 0.1) is 0 Å². The number of aromatic nitrogens is 1. The van der Waals surface area contributed by atoms with Crippen LogP contribution in [0.3, 0.4) is 0 Å². The molecule has 3 aromatic rings. The molecule has 1 aromatic heterocycles. The number of rotatable bonds is 6. The summed E-state index contributed by atoms with van der Waals surface area (Å²) in [5, 5.41) is 2.78. The Morgan fingerprint density at radius 3 is 1.90 bits per heavy atom. The summed E-state index contributed by atoms with van der Waals surface area (Å²) < 4.78 is 2.53. The molecule has 2 fully saturated rings. The van der Waals surface area contributed by atoms with Gasteiger partial charge in [0.2, 0.25) is 0 Å². The third kappa shape index (κ3) is 4.08. The first kappa shape index (κ1) is 19.1. The Kier molecular flexibility index (Phi) is 5.87. The Morgan fingerprint density at radius 2 is 1.24 bits per heavy atom. The summed E-state index contributed by atoms with van der Waals surface area (Å²) in [4.78, 5) is 5.50. The molecule has 0 N–H and O–H groups in total. The Labute approximate surface area is 175 Å². The van der Waals surface area contributed by atoms with Crippen LogP contribution >= 0.6 is 0 Å². The molecule has 3 heterocycles. The zero-order chi connectivity index (χ0) is 19.5. The second kappa shape index (κ2) is 8.89. The predicted molar refractivity (Wildman–Crippen MR) is 124 cm³/mol. The first-order chi connectivity index (χ1) is 14.4. The van der Waals surface area contributed by atoms with Gasteiger partial charge in [-0.05, 0) is 83.4 Å². The molecule has 0 spiro atoms. The highest BCUT2D eigenvalue weighted by molar-refractivity contribution is 6.07. The van der Waals surface area contributed by atoms with Crippen molar-refractivity contribution in [1.29, 1.82) is 0 Å². The summed E-state index contributed by atoms with van der Waals surface area (Å²) in [6.45, 7) is 7.70. The minimum absolute atomic E-state index is 0.865. The minimum Gasteiger partial charge on any atom is -0.340 e. The largest absolute Gasteiger partial charge is 0.340 e. The summed E-state index contributed by atoms with van der Waals surface area (Å²) in [6, 6.07) is 18.6. The molecule has 0 radical (unpaired) electrons. The van der Waals surface area contributed by atoms with Gasteiger partial charge in [-0.25, -0.2) is 0 Å². The van der Waals surface area contributed by atoms with Crippen LogP contribution in [-0.2, 0) is 6.54 Å². The highest BCUT2D eigenvalue weighted by Gasteiger charge is 2.25. The molecule has 0 saturated carbocycles. The van der Waals surface area contributed by atoms with Crippen LogP contribution in [-0.4, -0.2) is 53.1 Å². The molecule has 3 nitrogen and oxygen atoms in total. The molecule has 3 heteroatoms. The van der Waals surface area contributed by atoms with Crippen molar-refractivity contribution >= 4 is 21.8 Å². The number of hydrogen-bond donors (Lipinski definition) is 0. The van der Waals surface area contributed by atoms with Crippen LogP contribution in [0.15, 0.2) is 48.5 Å². The average Bonchev–Trinajstić information content (AvgIpc) is 3.12. The Balaban J connectivity index is 1.14. The molecule has 0 aliphatic carbocycles. The number of likely N-dealkylation sites (tertiary alicyclic amines) is 2. The Hall–Kier alpha value is -1.84. The van der Waals surface area contributed by atoms with E-state index in [1.54, 1.807) is 0 Å². The lowest BCUT2D eigenvalue weighted by molar-refractivity contribution is 0.0918. The number of para-hydroxylation sites is 2. The first-order valence-corrected chi connectivity index (χ1v) is 11.8. The third-order valence-corrected chi connectivity index (χ3v) is 7.25. The van der Waals surface area contributed by atoms with Crippen LogP contribution in [0.25, 0.3) is 21.8 Å². The number of hydrogen-bond acceptors (Lipinski definition) is 2. The molecule has 0 amide bonds. The maximum atomic E-state index is 2.78. The van der Waals surface area contributed by atoms with E-state index in [1.165, 1.54) is 99.5 Å². The average molecular weight is 390 g/mol. The lowest BCUT2D eigenvalue weighted by Crippen LogP contribution is -2.46. The highest BCUT2D eigenvalue weighted by atomic mass is 15.2. The Morgan fingerprint density at radius 1 is 0.655 bits per heavy atom. The van der Waals surface area contributed by atoms with Gasteiger partial charge in [-0.1, -0.05) is 42.8 Å². The van der Waals surface area contributed by atoms with E-state index < -0.39 is 0 Å². The van der Waals surface area contributed by atoms with E-state index in [2.05, 4.69) is 62.9 Å². The first-order valence-electron chi connectivity index (χ1n) is 11.8. The molecule has 5 rings (SSSR count). The fraction of sp³-hybridized carbons (Fsp3) is 0.538. The van der Waals surface area contributed by atoms with Crippen LogP contribution in [0.5, 0.6) is 0 Å². The maximum absolute atomic E-state index is 2.78. The molecule has 29 heavy (non-hydrogen) atoms. The third-order valence-electron chi connectivity index (χ3n) is 7.25. The number of nitrogens with zero attached hydrogens (tertiary/aromatic N) is 3. The van der Waals surface area contributed by atoms with Crippen molar-refractivity contribution in [2.75, 3.05) is 32.7 Å². The van der Waals surface area contributed by atoms with E-state index in [4.69, 9.17) is 0 Å². The van der Waals surface area contributed by atoms with Gasteiger partial charge in [-0.3, -0.25) is 0 Å². The van der Waals surface area contributed by atoms with Gasteiger partial charge in [0.25, 0.3) is 0 Å². The van der Waals surface area contributed by atoms with Crippen molar-refractivity contribution in [1.82, 2.24) is 14.4 Å². The van der Waals surface area contributed by atoms with Crippen molar-refractivity contribution in [2.24, 2.45) is 0 Å². The monoisotopic (exact) mass is 389 g/mol. The number of benzene rings is 2. The number of unbranched alkanes of at least 4 members (excludes halogenated alkanes) is 1. The smallest absolute Gasteiger partial charge is 0.0491 e. The van der Waals surface area contributed by atoms with Crippen molar-refractivity contribution in [3.05, 3.63) is 48.5 Å². The van der Waals surface area contributed by atoms with Gasteiger partial charge in [-0.2, -0.15) is 0 Å². The van der Waals surface area contributed by atoms with E-state index in [-0.39, 0.29) is 0 Å². The lowest BCUT2D eigenvalue weighted by atomic mass is 10.00. The van der Waals surface area contributed by atoms with Crippen LogP contribution in [0.4, 0.5) is 0 Å². The zero-order valence-corrected chi connectivity index (χ0v) is 17.7. The van der Waals surface area contributed by atoms with Gasteiger partial charge in [0.1, 0.15) is 0 Å². The molecule has 0 unspecified atom stereocenters. The number of aryl methyl sites for hydroxylation is 1. The summed E-state index contributed by atoms with van der Waals surface area (Å²) in [5.41, 5.74) is 2.77. The summed E-state index contributed by atoms with van der Waals surface area (Å²) in [7, 11) is 0. The van der Waals surface area contributed by atoms with Gasteiger partial charge < -0.3 is 14.4 Å². The zero-order valence-electron chi connectivity index (χ0n) is 17.7. The molecule has 0 atom stereocenters. The SMILES string of the molecule is c1ccc2c(c1)c1ccccc1n2CCCCN1CCC(N2CCCCC2)CC1. The van der Waals surface area contributed by atoms with Gasteiger partial charge in [0, 0.05) is 34.4 Å². The molecular weight excluding hydrogens is 354 g/mol. The quantitative estimate of drug-likeness (QED) is 0.514. The summed E-state index contributed by atoms with van der Waals surface area (Å²) in [6.07, 6.45) is 9.61. The fourth-order valence-electron chi connectivity index (χ4n) is 5.64. The van der Waals surface area contributed by atoms with Crippen molar-refractivity contribution in [3.63, 3.8) is 0 Å². The van der Waals surface area contributed by atoms with E-state index in [9.17, 15) is 0 Å². The van der Waals surface area contributed by atoms with Crippen LogP contribution < -0.4 is 0 Å². The highest BCUT2D eigenvalue weighted by Crippen LogP contribution is 2.29. The normalized spacial score (nSPS) is 20.0. The number of piperidine rings is 2. The predicted octanol–water partition coefficient (Wildman–Crippen LogP) is 5.53. The fourth-order valence-corrected chi connectivity index (χ4v) is 5.64. The van der Waals surface area contributed by atoms with Crippen molar-refractivity contribution in [2.45, 2.75) is 57.5 Å². The number of fused-ring (bicyclic) bond motifs is 3. The second-order valence-electron chi connectivity index (χ2n) is 9.06. The van der Waals surface area contributed by atoms with E-state index in [0.717, 1.165) is 12.6 Å². The molecule has 2 aliphatic rings. The molecule has 2 aromatic carbocycles. The molecule has 154 valence electrons. The summed E-state index contributed by atoms with van der Waals surface area (Å²) in [5.74, 6) is 0. The lowest BCUT2D eigenvalue weighted by Gasteiger charge is -2.40. The topological polar surface area (TPSA) is 11.4 Å². The van der Waals surface area contributed by atoms with E-state index in [0.29, 0.717) is 0 Å². The van der Waals surface area contributed by atoms with E-state index >= 15 is 0 Å². The molecule has 2 aliphatic heterocycles. The van der Waals surface area contributed by atoms with Crippen LogP contribution in [0.2, 0.25) is 0 Å². The van der Waals surface area contributed by atoms with E-state index in [1.807, 2.05) is 0 Å². The standard InChI is InChI=1S/C26H35N3/c1-6-17-28(18-7-1)22-14-20-27(21-15-22)16-8-9-19-29-25-12-4-2-10-23(25)24-11-3-5-13-26(24)29/h2-5,10-13,22H,1,6-9,14-21H2. The summed E-state index contributed by atoms with van der Waals surface area (Å²) >= 11 is 0. The Bertz CT molecular complexity index is 876. The minimum atomic E-state index is 0.865. The van der Waals surface area contributed by atoms with Gasteiger partial charge in [0.15, 0.2) is 0 Å². The molecule has 2 saturated heterocycles.